The van der Waals surface area contributed by atoms with Crippen LogP contribution in [0.1, 0.15) is 36.7 Å². The van der Waals surface area contributed by atoms with E-state index in [2.05, 4.69) is 37.1 Å². The number of carbonyl (C=O) groups is 1. The molecule has 1 amide bonds. The van der Waals surface area contributed by atoms with Crippen molar-refractivity contribution in [1.29, 1.82) is 0 Å². The number of amides is 1. The standard InChI is InChI=1S/C19H20N2OS2/c1-19(2,3)18(15-9-6-12-23-15)21-16(22)10-11-17-20-13-7-4-5-8-14(13)24-17/h4-12,18H,1-3H3,(H,21,22)/b11-10+. The van der Waals surface area contributed by atoms with E-state index in [0.717, 1.165) is 15.2 Å². The van der Waals surface area contributed by atoms with Crippen molar-refractivity contribution in [3.63, 3.8) is 0 Å². The summed E-state index contributed by atoms with van der Waals surface area (Å²) in [6.07, 6.45) is 3.36. The van der Waals surface area contributed by atoms with E-state index in [9.17, 15) is 4.79 Å². The Morgan fingerprint density at radius 3 is 2.67 bits per heavy atom. The first-order chi connectivity index (χ1) is 11.4. The molecule has 1 N–H and O–H groups in total. The van der Waals surface area contributed by atoms with Crippen LogP contribution in [0.2, 0.25) is 0 Å². The first-order valence-electron chi connectivity index (χ1n) is 7.81. The molecule has 3 nitrogen and oxygen atoms in total. The zero-order valence-electron chi connectivity index (χ0n) is 13.9. The van der Waals surface area contributed by atoms with E-state index in [4.69, 9.17) is 0 Å². The van der Waals surface area contributed by atoms with Crippen LogP contribution >= 0.6 is 22.7 Å². The summed E-state index contributed by atoms with van der Waals surface area (Å²) in [7, 11) is 0. The number of aromatic nitrogens is 1. The lowest BCUT2D eigenvalue weighted by atomic mass is 9.85. The van der Waals surface area contributed by atoms with Crippen LogP contribution < -0.4 is 5.32 Å². The Bertz CT molecular complexity index is 824. The molecule has 124 valence electrons. The zero-order valence-corrected chi connectivity index (χ0v) is 15.6. The van der Waals surface area contributed by atoms with Crippen LogP contribution in [0, 0.1) is 5.41 Å². The average Bonchev–Trinajstić information content (AvgIpc) is 3.18. The molecule has 0 radical (unpaired) electrons. The monoisotopic (exact) mass is 356 g/mol. The molecule has 24 heavy (non-hydrogen) atoms. The van der Waals surface area contributed by atoms with Crippen LogP contribution in [-0.2, 0) is 4.79 Å². The Morgan fingerprint density at radius 2 is 2.00 bits per heavy atom. The Labute approximate surface area is 150 Å². The van der Waals surface area contributed by atoms with Gasteiger partial charge in [-0.25, -0.2) is 4.98 Å². The van der Waals surface area contributed by atoms with Gasteiger partial charge < -0.3 is 5.32 Å². The second kappa shape index (κ2) is 6.87. The summed E-state index contributed by atoms with van der Waals surface area (Å²) < 4.78 is 1.13. The van der Waals surface area contributed by atoms with Gasteiger partial charge in [-0.2, -0.15) is 0 Å². The Hall–Kier alpha value is -1.98. The van der Waals surface area contributed by atoms with Gasteiger partial charge in [-0.1, -0.05) is 39.0 Å². The Balaban J connectivity index is 1.73. The highest BCUT2D eigenvalue weighted by atomic mass is 32.1. The second-order valence-electron chi connectivity index (χ2n) is 6.68. The Kier molecular flexibility index (Phi) is 4.83. The zero-order chi connectivity index (χ0) is 17.2. The summed E-state index contributed by atoms with van der Waals surface area (Å²) in [4.78, 5) is 18.1. The summed E-state index contributed by atoms with van der Waals surface area (Å²) in [6, 6.07) is 12.1. The first kappa shape index (κ1) is 16.9. The molecule has 0 fully saturated rings. The normalized spacial score (nSPS) is 13.5. The van der Waals surface area contributed by atoms with Crippen LogP contribution in [0.5, 0.6) is 0 Å². The summed E-state index contributed by atoms with van der Waals surface area (Å²) in [5.41, 5.74) is 0.915. The smallest absolute Gasteiger partial charge is 0.244 e. The lowest BCUT2D eigenvalue weighted by Gasteiger charge is -2.30. The van der Waals surface area contributed by atoms with Crippen molar-refractivity contribution in [3.05, 3.63) is 57.7 Å². The number of thiophene rings is 1. The molecule has 0 saturated carbocycles. The fraction of sp³-hybridized carbons (Fsp3) is 0.263. The van der Waals surface area contributed by atoms with Gasteiger partial charge in [-0.05, 0) is 35.1 Å². The molecule has 0 aliphatic heterocycles. The van der Waals surface area contributed by atoms with E-state index in [-0.39, 0.29) is 17.4 Å². The molecular weight excluding hydrogens is 336 g/mol. The van der Waals surface area contributed by atoms with Gasteiger partial charge in [-0.3, -0.25) is 4.79 Å². The van der Waals surface area contributed by atoms with E-state index in [1.807, 2.05) is 35.7 Å². The Morgan fingerprint density at radius 1 is 1.21 bits per heavy atom. The molecule has 5 heteroatoms. The van der Waals surface area contributed by atoms with E-state index in [0.29, 0.717) is 0 Å². The minimum atomic E-state index is -0.0948. The van der Waals surface area contributed by atoms with Crippen molar-refractivity contribution >= 4 is 44.9 Å². The molecule has 1 aromatic carbocycles. The molecule has 3 rings (SSSR count). The maximum absolute atomic E-state index is 12.4. The quantitative estimate of drug-likeness (QED) is 0.647. The number of hydrogen-bond acceptors (Lipinski definition) is 4. The molecule has 0 saturated heterocycles. The topological polar surface area (TPSA) is 42.0 Å². The maximum atomic E-state index is 12.4. The third kappa shape index (κ3) is 3.91. The number of para-hydroxylation sites is 1. The number of nitrogens with one attached hydrogen (secondary N) is 1. The molecular formula is C19H20N2OS2. The number of rotatable bonds is 4. The average molecular weight is 357 g/mol. The van der Waals surface area contributed by atoms with Crippen molar-refractivity contribution < 1.29 is 4.79 Å². The van der Waals surface area contributed by atoms with Crippen molar-refractivity contribution in [1.82, 2.24) is 10.3 Å². The van der Waals surface area contributed by atoms with E-state index in [1.165, 1.54) is 4.88 Å². The predicted molar refractivity (Wildman–Crippen MR) is 103 cm³/mol. The van der Waals surface area contributed by atoms with Crippen molar-refractivity contribution in [2.75, 3.05) is 0 Å². The molecule has 1 unspecified atom stereocenters. The van der Waals surface area contributed by atoms with E-state index >= 15 is 0 Å². The SMILES string of the molecule is CC(C)(C)C(NC(=O)/C=C/c1nc2ccccc2s1)c1cccs1. The van der Waals surface area contributed by atoms with E-state index < -0.39 is 0 Å². The summed E-state index contributed by atoms with van der Waals surface area (Å²) in [6.45, 7) is 6.40. The molecule has 0 bridgehead atoms. The van der Waals surface area contributed by atoms with Crippen LogP contribution in [-0.4, -0.2) is 10.9 Å². The molecule has 0 spiro atoms. The fourth-order valence-corrected chi connectivity index (χ4v) is 4.36. The number of fused-ring (bicyclic) bond motifs is 1. The molecule has 2 heterocycles. The number of nitrogens with zero attached hydrogens (tertiary/aromatic N) is 1. The molecule has 0 aliphatic rings. The first-order valence-corrected chi connectivity index (χ1v) is 9.50. The highest BCUT2D eigenvalue weighted by molar-refractivity contribution is 7.19. The van der Waals surface area contributed by atoms with Crippen molar-refractivity contribution in [2.24, 2.45) is 5.41 Å². The number of carbonyl (C=O) groups excluding carboxylic acids is 1. The maximum Gasteiger partial charge on any atom is 0.244 e. The summed E-state index contributed by atoms with van der Waals surface area (Å²) >= 11 is 3.25. The second-order valence-corrected chi connectivity index (χ2v) is 8.72. The number of thiazole rings is 1. The lowest BCUT2D eigenvalue weighted by molar-refractivity contribution is -0.117. The van der Waals surface area contributed by atoms with E-state index in [1.54, 1.807) is 34.8 Å². The predicted octanol–water partition coefficient (Wildman–Crippen LogP) is 5.27. The van der Waals surface area contributed by atoms with Gasteiger partial charge in [0.1, 0.15) is 5.01 Å². The van der Waals surface area contributed by atoms with Crippen molar-refractivity contribution in [2.45, 2.75) is 26.8 Å². The fourth-order valence-electron chi connectivity index (χ4n) is 2.47. The molecule has 1 atom stereocenters. The van der Waals surface area contributed by atoms with Gasteiger partial charge in [0.05, 0.1) is 16.3 Å². The van der Waals surface area contributed by atoms with Gasteiger partial charge in [0.2, 0.25) is 5.91 Å². The third-order valence-corrected chi connectivity index (χ3v) is 5.61. The minimum Gasteiger partial charge on any atom is -0.344 e. The summed E-state index contributed by atoms with van der Waals surface area (Å²) in [5, 5.41) is 6.01. The highest BCUT2D eigenvalue weighted by Crippen LogP contribution is 2.35. The van der Waals surface area contributed by atoms with Gasteiger partial charge in [0, 0.05) is 11.0 Å². The summed E-state index contributed by atoms with van der Waals surface area (Å²) in [5.74, 6) is -0.0948. The molecule has 2 aromatic heterocycles. The lowest BCUT2D eigenvalue weighted by Crippen LogP contribution is -2.35. The van der Waals surface area contributed by atoms with Crippen LogP contribution in [0.3, 0.4) is 0 Å². The highest BCUT2D eigenvalue weighted by Gasteiger charge is 2.28. The van der Waals surface area contributed by atoms with Crippen LogP contribution in [0.15, 0.2) is 47.9 Å². The largest absolute Gasteiger partial charge is 0.344 e. The molecule has 0 aliphatic carbocycles. The van der Waals surface area contributed by atoms with Gasteiger partial charge in [0.25, 0.3) is 0 Å². The van der Waals surface area contributed by atoms with Crippen molar-refractivity contribution in [3.8, 4) is 0 Å². The minimum absolute atomic E-state index is 0.00924. The van der Waals surface area contributed by atoms with Gasteiger partial charge >= 0.3 is 0 Å². The van der Waals surface area contributed by atoms with Gasteiger partial charge in [0.15, 0.2) is 0 Å². The molecule has 3 aromatic rings. The third-order valence-electron chi connectivity index (χ3n) is 3.67. The number of benzene rings is 1. The van der Waals surface area contributed by atoms with Crippen LogP contribution in [0.4, 0.5) is 0 Å². The van der Waals surface area contributed by atoms with Crippen LogP contribution in [0.25, 0.3) is 16.3 Å². The number of hydrogen-bond donors (Lipinski definition) is 1. The van der Waals surface area contributed by atoms with Gasteiger partial charge in [-0.15, -0.1) is 22.7 Å².